The molecule has 29 heavy (non-hydrogen) atoms. The second kappa shape index (κ2) is 9.19. The zero-order valence-electron chi connectivity index (χ0n) is 17.3. The molecule has 1 aromatic rings. The van der Waals surface area contributed by atoms with Crippen LogP contribution in [0.2, 0.25) is 5.02 Å². The molecule has 1 aliphatic carbocycles. The Bertz CT molecular complexity index is 847. The number of rotatable bonds is 6. The SMILES string of the molecule is CC(C)=CCN1CCC(NC(=O)C2(S(=O)(=O)c3ccc(Cl)cc3)CCCC2)CC1. The number of benzene rings is 1. The topological polar surface area (TPSA) is 66.5 Å². The summed E-state index contributed by atoms with van der Waals surface area (Å²) in [6.45, 7) is 6.93. The maximum Gasteiger partial charge on any atom is 0.242 e. The molecule has 2 fully saturated rings. The van der Waals surface area contributed by atoms with Crippen molar-refractivity contribution in [2.75, 3.05) is 19.6 Å². The number of likely N-dealkylation sites (tertiary alicyclic amines) is 1. The van der Waals surface area contributed by atoms with Crippen molar-refractivity contribution in [2.45, 2.75) is 68.1 Å². The highest BCUT2D eigenvalue weighted by Gasteiger charge is 2.53. The largest absolute Gasteiger partial charge is 0.352 e. The molecule has 1 heterocycles. The van der Waals surface area contributed by atoms with E-state index in [0.717, 1.165) is 45.3 Å². The van der Waals surface area contributed by atoms with E-state index in [9.17, 15) is 13.2 Å². The number of sulfone groups is 1. The molecule has 1 saturated carbocycles. The zero-order chi connectivity index (χ0) is 21.1. The van der Waals surface area contributed by atoms with Gasteiger partial charge in [-0.25, -0.2) is 8.42 Å². The van der Waals surface area contributed by atoms with Crippen LogP contribution in [-0.2, 0) is 14.6 Å². The van der Waals surface area contributed by atoms with Gasteiger partial charge in [0, 0.05) is 30.7 Å². The maximum atomic E-state index is 13.4. The van der Waals surface area contributed by atoms with Crippen molar-refractivity contribution < 1.29 is 13.2 Å². The molecule has 1 aliphatic heterocycles. The summed E-state index contributed by atoms with van der Waals surface area (Å²) < 4.78 is 25.5. The number of hydrogen-bond donors (Lipinski definition) is 1. The van der Waals surface area contributed by atoms with Crippen LogP contribution in [-0.4, -0.2) is 49.6 Å². The van der Waals surface area contributed by atoms with E-state index in [-0.39, 0.29) is 16.8 Å². The molecular formula is C22H31ClN2O3S. The van der Waals surface area contributed by atoms with Crippen LogP contribution in [0, 0.1) is 0 Å². The van der Waals surface area contributed by atoms with Crippen molar-refractivity contribution in [3.05, 3.63) is 40.9 Å². The molecule has 1 aromatic carbocycles. The molecule has 1 amide bonds. The Kier molecular flexibility index (Phi) is 7.07. The maximum absolute atomic E-state index is 13.4. The Morgan fingerprint density at radius 3 is 2.31 bits per heavy atom. The molecule has 1 N–H and O–H groups in total. The first kappa shape index (κ1) is 22.3. The van der Waals surface area contributed by atoms with Gasteiger partial charge in [0.05, 0.1) is 4.90 Å². The highest BCUT2D eigenvalue weighted by atomic mass is 35.5. The van der Waals surface area contributed by atoms with Crippen LogP contribution in [0.4, 0.5) is 0 Å². The summed E-state index contributed by atoms with van der Waals surface area (Å²) in [5.41, 5.74) is 1.30. The lowest BCUT2D eigenvalue weighted by Crippen LogP contribution is -2.55. The molecule has 2 aliphatic rings. The minimum Gasteiger partial charge on any atom is -0.352 e. The number of nitrogens with one attached hydrogen (secondary N) is 1. The van der Waals surface area contributed by atoms with Crippen molar-refractivity contribution in [3.63, 3.8) is 0 Å². The summed E-state index contributed by atoms with van der Waals surface area (Å²) in [5, 5.41) is 3.57. The summed E-state index contributed by atoms with van der Waals surface area (Å²) in [5.74, 6) is -0.326. The van der Waals surface area contributed by atoms with Crippen LogP contribution in [0.1, 0.15) is 52.4 Å². The van der Waals surface area contributed by atoms with Gasteiger partial charge in [-0.1, -0.05) is 36.1 Å². The fourth-order valence-corrected chi connectivity index (χ4v) is 6.49. The van der Waals surface area contributed by atoms with Gasteiger partial charge < -0.3 is 5.32 Å². The Balaban J connectivity index is 1.70. The van der Waals surface area contributed by atoms with Gasteiger partial charge in [-0.3, -0.25) is 9.69 Å². The minimum atomic E-state index is -3.78. The molecular weight excluding hydrogens is 408 g/mol. The summed E-state index contributed by atoms with van der Waals surface area (Å²) in [6.07, 6.45) is 6.17. The number of carbonyl (C=O) groups is 1. The Morgan fingerprint density at radius 2 is 1.76 bits per heavy atom. The van der Waals surface area contributed by atoms with E-state index in [1.165, 1.54) is 17.7 Å². The summed E-state index contributed by atoms with van der Waals surface area (Å²) in [4.78, 5) is 15.8. The number of nitrogens with zero attached hydrogens (tertiary/aromatic N) is 1. The Morgan fingerprint density at radius 1 is 1.17 bits per heavy atom. The molecule has 0 aromatic heterocycles. The number of halogens is 1. The van der Waals surface area contributed by atoms with Gasteiger partial charge >= 0.3 is 0 Å². The fourth-order valence-electron chi connectivity index (χ4n) is 4.29. The highest BCUT2D eigenvalue weighted by molar-refractivity contribution is 7.93. The van der Waals surface area contributed by atoms with Crippen LogP contribution in [0.3, 0.4) is 0 Å². The van der Waals surface area contributed by atoms with E-state index >= 15 is 0 Å². The first-order valence-electron chi connectivity index (χ1n) is 10.4. The van der Waals surface area contributed by atoms with Crippen LogP contribution < -0.4 is 5.32 Å². The standard InChI is InChI=1S/C22H31ClN2O3S/c1-17(2)9-14-25-15-10-19(11-16-25)24-21(26)22(12-3-4-13-22)29(27,28)20-7-5-18(23)6-8-20/h5-9,19H,3-4,10-16H2,1-2H3,(H,24,26). The summed E-state index contributed by atoms with van der Waals surface area (Å²) >= 11 is 5.92. The van der Waals surface area contributed by atoms with Crippen molar-refractivity contribution in [2.24, 2.45) is 0 Å². The molecule has 0 unspecified atom stereocenters. The molecule has 3 rings (SSSR count). The number of piperidine rings is 1. The van der Waals surface area contributed by atoms with E-state index < -0.39 is 14.6 Å². The van der Waals surface area contributed by atoms with Crippen molar-refractivity contribution >= 4 is 27.3 Å². The summed E-state index contributed by atoms with van der Waals surface area (Å²) in [6, 6.07) is 6.18. The third-order valence-electron chi connectivity index (χ3n) is 6.14. The monoisotopic (exact) mass is 438 g/mol. The van der Waals surface area contributed by atoms with E-state index in [1.54, 1.807) is 12.1 Å². The van der Waals surface area contributed by atoms with Crippen molar-refractivity contribution in [1.82, 2.24) is 10.2 Å². The smallest absolute Gasteiger partial charge is 0.242 e. The molecule has 0 radical (unpaired) electrons. The molecule has 7 heteroatoms. The lowest BCUT2D eigenvalue weighted by molar-refractivity contribution is -0.124. The molecule has 0 atom stereocenters. The fraction of sp³-hybridized carbons (Fsp3) is 0.591. The first-order valence-corrected chi connectivity index (χ1v) is 12.3. The normalized spacial score (nSPS) is 20.4. The first-order chi connectivity index (χ1) is 13.7. The predicted octanol–water partition coefficient (Wildman–Crippen LogP) is 3.97. The average Bonchev–Trinajstić information content (AvgIpc) is 3.20. The Hall–Kier alpha value is -1.37. The number of amides is 1. The number of hydrogen-bond acceptors (Lipinski definition) is 4. The molecule has 5 nitrogen and oxygen atoms in total. The van der Waals surface area contributed by atoms with Gasteiger partial charge in [-0.15, -0.1) is 0 Å². The van der Waals surface area contributed by atoms with Gasteiger partial charge in [0.25, 0.3) is 0 Å². The van der Waals surface area contributed by atoms with Gasteiger partial charge in [-0.05, 0) is 63.8 Å². The van der Waals surface area contributed by atoms with Gasteiger partial charge in [0.2, 0.25) is 5.91 Å². The van der Waals surface area contributed by atoms with E-state index in [2.05, 4.69) is 30.1 Å². The second-order valence-electron chi connectivity index (χ2n) is 8.49. The molecule has 0 bridgehead atoms. The van der Waals surface area contributed by atoms with E-state index in [0.29, 0.717) is 17.9 Å². The highest BCUT2D eigenvalue weighted by Crippen LogP contribution is 2.41. The van der Waals surface area contributed by atoms with Crippen LogP contribution in [0.25, 0.3) is 0 Å². The van der Waals surface area contributed by atoms with E-state index in [1.807, 2.05) is 0 Å². The summed E-state index contributed by atoms with van der Waals surface area (Å²) in [7, 11) is -3.78. The van der Waals surface area contributed by atoms with Gasteiger partial charge in [-0.2, -0.15) is 0 Å². The quantitative estimate of drug-likeness (QED) is 0.682. The minimum absolute atomic E-state index is 0.0309. The number of allylic oxidation sites excluding steroid dienone is 1. The van der Waals surface area contributed by atoms with Crippen LogP contribution >= 0.6 is 11.6 Å². The third-order valence-corrected chi connectivity index (χ3v) is 8.91. The van der Waals surface area contributed by atoms with E-state index in [4.69, 9.17) is 11.6 Å². The van der Waals surface area contributed by atoms with Crippen molar-refractivity contribution in [3.8, 4) is 0 Å². The predicted molar refractivity (Wildman–Crippen MR) is 117 cm³/mol. The van der Waals surface area contributed by atoms with Crippen molar-refractivity contribution in [1.29, 1.82) is 0 Å². The zero-order valence-corrected chi connectivity index (χ0v) is 18.9. The molecule has 0 spiro atoms. The average molecular weight is 439 g/mol. The van der Waals surface area contributed by atoms with Gasteiger partial charge in [0.15, 0.2) is 14.6 Å². The van der Waals surface area contributed by atoms with Crippen LogP contribution in [0.5, 0.6) is 0 Å². The lowest BCUT2D eigenvalue weighted by atomic mass is 10.0. The Labute approximate surface area is 179 Å². The second-order valence-corrected chi connectivity index (χ2v) is 11.2. The number of carbonyl (C=O) groups excluding carboxylic acids is 1. The molecule has 1 saturated heterocycles. The van der Waals surface area contributed by atoms with Crippen LogP contribution in [0.15, 0.2) is 40.8 Å². The lowest BCUT2D eigenvalue weighted by Gasteiger charge is -2.34. The van der Waals surface area contributed by atoms with Gasteiger partial charge in [0.1, 0.15) is 0 Å². The third kappa shape index (κ3) is 4.86. The molecule has 160 valence electrons.